The molecule has 0 radical (unpaired) electrons. The van der Waals surface area contributed by atoms with Crippen LogP contribution >= 0.6 is 0 Å². The van der Waals surface area contributed by atoms with E-state index >= 15 is 0 Å². The lowest BCUT2D eigenvalue weighted by Crippen LogP contribution is -2.25. The molecule has 2 nitrogen and oxygen atoms in total. The Morgan fingerprint density at radius 3 is 2.69 bits per heavy atom. The van der Waals surface area contributed by atoms with E-state index in [-0.39, 0.29) is 0 Å². The molecule has 0 saturated heterocycles. The lowest BCUT2D eigenvalue weighted by molar-refractivity contribution is 0.304. The Kier molecular flexibility index (Phi) is 4.56. The fourth-order valence-electron chi connectivity index (χ4n) is 1.78. The van der Waals surface area contributed by atoms with Crippen LogP contribution in [0.2, 0.25) is 0 Å². The molecular formula is C14H22N2. The van der Waals surface area contributed by atoms with Crippen molar-refractivity contribution in [3.8, 4) is 0 Å². The maximum Gasteiger partial charge on any atom is 0.0346 e. The lowest BCUT2D eigenvalue weighted by atomic mass is 10.1. The first-order valence-corrected chi connectivity index (χ1v) is 5.75. The maximum atomic E-state index is 5.90. The molecule has 2 N–H and O–H groups in total. The predicted octanol–water partition coefficient (Wildman–Crippen LogP) is 2.98. The zero-order valence-electron chi connectivity index (χ0n) is 10.6. The van der Waals surface area contributed by atoms with E-state index < -0.39 is 0 Å². The second-order valence-electron chi connectivity index (χ2n) is 4.39. The Morgan fingerprint density at radius 1 is 1.44 bits per heavy atom. The van der Waals surface area contributed by atoms with Crippen LogP contribution in [0.15, 0.2) is 30.4 Å². The van der Waals surface area contributed by atoms with Crippen LogP contribution in [0, 0.1) is 6.92 Å². The average molecular weight is 218 g/mol. The summed E-state index contributed by atoms with van der Waals surface area (Å²) < 4.78 is 0. The standard InChI is InChI=1S/C14H22N2/c1-5-16(9-11(2)3)10-13-7-6-8-14(15)12(13)4/h6-8H,2,5,9-10,15H2,1,3-4H3. The highest BCUT2D eigenvalue weighted by Gasteiger charge is 2.07. The quantitative estimate of drug-likeness (QED) is 0.608. The van der Waals surface area contributed by atoms with E-state index in [9.17, 15) is 0 Å². The number of nitrogens with two attached hydrogens (primary N) is 1. The van der Waals surface area contributed by atoms with E-state index in [1.807, 2.05) is 12.1 Å². The first-order valence-electron chi connectivity index (χ1n) is 5.75. The van der Waals surface area contributed by atoms with Crippen LogP contribution in [-0.4, -0.2) is 18.0 Å². The fraction of sp³-hybridized carbons (Fsp3) is 0.429. The number of likely N-dealkylation sites (N-methyl/N-ethyl adjacent to an activating group) is 1. The van der Waals surface area contributed by atoms with Crippen molar-refractivity contribution in [2.45, 2.75) is 27.3 Å². The number of nitrogens with zero attached hydrogens (tertiary/aromatic N) is 1. The number of hydrogen-bond acceptors (Lipinski definition) is 2. The molecule has 0 amide bonds. The summed E-state index contributed by atoms with van der Waals surface area (Å²) in [4.78, 5) is 2.37. The van der Waals surface area contributed by atoms with E-state index in [2.05, 4.69) is 38.3 Å². The van der Waals surface area contributed by atoms with Gasteiger partial charge in [0, 0.05) is 18.8 Å². The van der Waals surface area contributed by atoms with Crippen molar-refractivity contribution in [1.82, 2.24) is 4.90 Å². The summed E-state index contributed by atoms with van der Waals surface area (Å²) in [5.41, 5.74) is 10.5. The molecular weight excluding hydrogens is 196 g/mol. The van der Waals surface area contributed by atoms with Crippen LogP contribution in [0.1, 0.15) is 25.0 Å². The monoisotopic (exact) mass is 218 g/mol. The number of hydrogen-bond donors (Lipinski definition) is 1. The molecule has 0 aromatic heterocycles. The van der Waals surface area contributed by atoms with Crippen molar-refractivity contribution in [2.24, 2.45) is 0 Å². The van der Waals surface area contributed by atoms with Crippen LogP contribution in [0.25, 0.3) is 0 Å². The molecule has 88 valence electrons. The summed E-state index contributed by atoms with van der Waals surface area (Å²) in [6, 6.07) is 6.12. The van der Waals surface area contributed by atoms with Gasteiger partial charge in [0.05, 0.1) is 0 Å². The molecule has 1 aromatic carbocycles. The first-order chi connectivity index (χ1) is 7.54. The molecule has 0 spiro atoms. The lowest BCUT2D eigenvalue weighted by Gasteiger charge is -2.21. The molecule has 16 heavy (non-hydrogen) atoms. The highest BCUT2D eigenvalue weighted by molar-refractivity contribution is 5.49. The van der Waals surface area contributed by atoms with Crippen LogP contribution in [0.4, 0.5) is 5.69 Å². The summed E-state index contributed by atoms with van der Waals surface area (Å²) in [7, 11) is 0. The Labute approximate surface area is 98.8 Å². The highest BCUT2D eigenvalue weighted by atomic mass is 15.1. The van der Waals surface area contributed by atoms with Gasteiger partial charge in [-0.2, -0.15) is 0 Å². The fourth-order valence-corrected chi connectivity index (χ4v) is 1.78. The number of benzene rings is 1. The average Bonchev–Trinajstić information content (AvgIpc) is 2.23. The van der Waals surface area contributed by atoms with Crippen LogP contribution in [-0.2, 0) is 6.54 Å². The van der Waals surface area contributed by atoms with Gasteiger partial charge in [-0.1, -0.05) is 31.2 Å². The molecule has 2 heteroatoms. The van der Waals surface area contributed by atoms with Gasteiger partial charge in [-0.25, -0.2) is 0 Å². The largest absolute Gasteiger partial charge is 0.399 e. The smallest absolute Gasteiger partial charge is 0.0346 e. The minimum Gasteiger partial charge on any atom is -0.399 e. The highest BCUT2D eigenvalue weighted by Crippen LogP contribution is 2.17. The Bertz CT molecular complexity index is 369. The van der Waals surface area contributed by atoms with Gasteiger partial charge >= 0.3 is 0 Å². The maximum absolute atomic E-state index is 5.90. The van der Waals surface area contributed by atoms with Crippen LogP contribution in [0.5, 0.6) is 0 Å². The van der Waals surface area contributed by atoms with Crippen molar-refractivity contribution < 1.29 is 0 Å². The molecule has 0 bridgehead atoms. The molecule has 0 aliphatic heterocycles. The van der Waals surface area contributed by atoms with Gasteiger partial charge in [-0.05, 0) is 37.6 Å². The predicted molar refractivity (Wildman–Crippen MR) is 71.4 cm³/mol. The Morgan fingerprint density at radius 2 is 2.12 bits per heavy atom. The van der Waals surface area contributed by atoms with E-state index in [0.29, 0.717) is 0 Å². The van der Waals surface area contributed by atoms with Gasteiger partial charge in [0.1, 0.15) is 0 Å². The Hall–Kier alpha value is -1.28. The van der Waals surface area contributed by atoms with E-state index in [1.165, 1.54) is 16.7 Å². The first kappa shape index (κ1) is 12.8. The molecule has 0 aliphatic rings. The zero-order valence-corrected chi connectivity index (χ0v) is 10.6. The van der Waals surface area contributed by atoms with Gasteiger partial charge in [-0.15, -0.1) is 0 Å². The molecule has 0 unspecified atom stereocenters. The van der Waals surface area contributed by atoms with E-state index in [4.69, 9.17) is 5.73 Å². The second-order valence-corrected chi connectivity index (χ2v) is 4.39. The van der Waals surface area contributed by atoms with Gasteiger partial charge < -0.3 is 5.73 Å². The minimum atomic E-state index is 0.879. The SMILES string of the molecule is C=C(C)CN(CC)Cc1cccc(N)c1C. The Balaban J connectivity index is 2.77. The van der Waals surface area contributed by atoms with Crippen molar-refractivity contribution in [3.05, 3.63) is 41.5 Å². The number of nitrogen functional groups attached to an aromatic ring is 1. The van der Waals surface area contributed by atoms with Crippen LogP contribution in [0.3, 0.4) is 0 Å². The van der Waals surface area contributed by atoms with Crippen LogP contribution < -0.4 is 5.73 Å². The number of rotatable bonds is 5. The molecule has 0 heterocycles. The second kappa shape index (κ2) is 5.71. The van der Waals surface area contributed by atoms with Crippen molar-refractivity contribution in [2.75, 3.05) is 18.8 Å². The molecule has 0 saturated carbocycles. The van der Waals surface area contributed by atoms with Gasteiger partial charge in [0.25, 0.3) is 0 Å². The van der Waals surface area contributed by atoms with Gasteiger partial charge in [0.2, 0.25) is 0 Å². The normalized spacial score (nSPS) is 10.8. The molecule has 0 aliphatic carbocycles. The summed E-state index contributed by atoms with van der Waals surface area (Å²) in [6.45, 7) is 13.2. The third-order valence-electron chi connectivity index (χ3n) is 2.82. The molecule has 1 rings (SSSR count). The summed E-state index contributed by atoms with van der Waals surface area (Å²) in [5.74, 6) is 0. The molecule has 1 aromatic rings. The minimum absolute atomic E-state index is 0.879. The van der Waals surface area contributed by atoms with Gasteiger partial charge in [-0.3, -0.25) is 4.90 Å². The summed E-state index contributed by atoms with van der Waals surface area (Å²) >= 11 is 0. The summed E-state index contributed by atoms with van der Waals surface area (Å²) in [5, 5.41) is 0. The molecule has 0 fully saturated rings. The van der Waals surface area contributed by atoms with Crippen molar-refractivity contribution >= 4 is 5.69 Å². The van der Waals surface area contributed by atoms with E-state index in [1.54, 1.807) is 0 Å². The zero-order chi connectivity index (χ0) is 12.1. The van der Waals surface area contributed by atoms with Crippen molar-refractivity contribution in [1.29, 1.82) is 0 Å². The van der Waals surface area contributed by atoms with E-state index in [0.717, 1.165) is 25.3 Å². The molecule has 0 atom stereocenters. The van der Waals surface area contributed by atoms with Gasteiger partial charge in [0.15, 0.2) is 0 Å². The number of anilines is 1. The van der Waals surface area contributed by atoms with Crippen molar-refractivity contribution in [3.63, 3.8) is 0 Å². The third-order valence-corrected chi connectivity index (χ3v) is 2.82. The summed E-state index contributed by atoms with van der Waals surface area (Å²) in [6.07, 6.45) is 0. The topological polar surface area (TPSA) is 29.3 Å². The third kappa shape index (κ3) is 3.38.